The Labute approximate surface area is 121 Å². The monoisotopic (exact) mass is 298 g/mol. The van der Waals surface area contributed by atoms with E-state index in [1.165, 1.54) is 6.07 Å². The van der Waals surface area contributed by atoms with Crippen molar-refractivity contribution in [3.63, 3.8) is 0 Å². The van der Waals surface area contributed by atoms with Crippen LogP contribution in [0.1, 0.15) is 30.4 Å². The van der Waals surface area contributed by atoms with Gasteiger partial charge in [0.1, 0.15) is 5.75 Å². The summed E-state index contributed by atoms with van der Waals surface area (Å²) in [7, 11) is 0. The molecule has 1 atom stereocenters. The molecule has 3 nitrogen and oxygen atoms in total. The molecule has 21 heavy (non-hydrogen) atoms. The van der Waals surface area contributed by atoms with Crippen LogP contribution in [0.25, 0.3) is 0 Å². The van der Waals surface area contributed by atoms with Gasteiger partial charge in [0.05, 0.1) is 23.8 Å². The summed E-state index contributed by atoms with van der Waals surface area (Å²) >= 11 is 0. The molecule has 6 heteroatoms. The number of nitrogens with zero attached hydrogens (tertiary/aromatic N) is 1. The molecule has 1 aromatic rings. The van der Waals surface area contributed by atoms with Crippen molar-refractivity contribution in [2.75, 3.05) is 19.7 Å². The Kier molecular flexibility index (Phi) is 5.07. The lowest BCUT2D eigenvalue weighted by Gasteiger charge is -2.22. The highest BCUT2D eigenvalue weighted by molar-refractivity contribution is 5.44. The van der Waals surface area contributed by atoms with Gasteiger partial charge in [-0.1, -0.05) is 0 Å². The van der Waals surface area contributed by atoms with Crippen molar-refractivity contribution in [1.82, 2.24) is 5.32 Å². The number of ether oxygens (including phenoxy) is 1. The third-order valence-electron chi connectivity index (χ3n) is 3.61. The van der Waals surface area contributed by atoms with E-state index in [2.05, 4.69) is 5.32 Å². The molecule has 1 N–H and O–H groups in total. The minimum atomic E-state index is -4.52. The van der Waals surface area contributed by atoms with Gasteiger partial charge < -0.3 is 10.1 Å². The van der Waals surface area contributed by atoms with Gasteiger partial charge in [-0.25, -0.2) is 0 Å². The molecule has 0 bridgehead atoms. The second-order valence-corrected chi connectivity index (χ2v) is 5.17. The number of nitriles is 1. The predicted octanol–water partition coefficient (Wildman–Crippen LogP) is 3.35. The number of benzene rings is 1. The lowest BCUT2D eigenvalue weighted by Crippen LogP contribution is -2.30. The van der Waals surface area contributed by atoms with Crippen molar-refractivity contribution in [2.45, 2.75) is 25.4 Å². The molecule has 2 rings (SSSR count). The van der Waals surface area contributed by atoms with Gasteiger partial charge in [0.15, 0.2) is 0 Å². The van der Waals surface area contributed by atoms with E-state index in [1.807, 2.05) is 0 Å². The molecule has 1 aliphatic rings. The van der Waals surface area contributed by atoms with E-state index in [4.69, 9.17) is 10.00 Å². The van der Waals surface area contributed by atoms with Crippen LogP contribution in [0, 0.1) is 17.2 Å². The molecule has 1 aromatic carbocycles. The zero-order valence-corrected chi connectivity index (χ0v) is 11.5. The normalized spacial score (nSPS) is 19.0. The van der Waals surface area contributed by atoms with Crippen LogP contribution >= 0.6 is 0 Å². The first-order chi connectivity index (χ1) is 10.0. The van der Waals surface area contributed by atoms with Gasteiger partial charge in [0, 0.05) is 0 Å². The third kappa shape index (κ3) is 4.36. The predicted molar refractivity (Wildman–Crippen MR) is 71.9 cm³/mol. The molecule has 0 aromatic heterocycles. The summed E-state index contributed by atoms with van der Waals surface area (Å²) < 4.78 is 43.5. The van der Waals surface area contributed by atoms with Gasteiger partial charge in [0.2, 0.25) is 0 Å². The Morgan fingerprint density at radius 1 is 1.38 bits per heavy atom. The Morgan fingerprint density at radius 3 is 2.81 bits per heavy atom. The lowest BCUT2D eigenvalue weighted by atomic mass is 9.97. The van der Waals surface area contributed by atoms with E-state index >= 15 is 0 Å². The number of hydrogen-bond donors (Lipinski definition) is 1. The van der Waals surface area contributed by atoms with Crippen molar-refractivity contribution >= 4 is 0 Å². The summed E-state index contributed by atoms with van der Waals surface area (Å²) in [6.07, 6.45) is -1.37. The molecule has 0 aliphatic carbocycles. The minimum Gasteiger partial charge on any atom is -0.494 e. The fraction of sp³-hybridized carbons (Fsp3) is 0.533. The van der Waals surface area contributed by atoms with E-state index in [1.54, 1.807) is 6.07 Å². The molecular formula is C15H17F3N2O. The molecule has 0 spiro atoms. The Hall–Kier alpha value is -1.74. The number of piperidine rings is 1. The first kappa shape index (κ1) is 15.6. The van der Waals surface area contributed by atoms with E-state index in [9.17, 15) is 13.2 Å². The first-order valence-electron chi connectivity index (χ1n) is 6.95. The molecule has 1 aliphatic heterocycles. The largest absolute Gasteiger partial charge is 0.494 e. The van der Waals surface area contributed by atoms with Gasteiger partial charge in [-0.3, -0.25) is 0 Å². The molecule has 1 saturated heterocycles. The van der Waals surface area contributed by atoms with Crippen LogP contribution in [-0.2, 0) is 6.18 Å². The molecule has 0 saturated carbocycles. The summed E-state index contributed by atoms with van der Waals surface area (Å²) in [4.78, 5) is 0. The maximum atomic E-state index is 12.7. The molecule has 0 radical (unpaired) electrons. The SMILES string of the molecule is N#Cc1cc(OCCC2CCCNC2)ccc1C(F)(F)F. The quantitative estimate of drug-likeness (QED) is 0.927. The molecule has 114 valence electrons. The highest BCUT2D eigenvalue weighted by atomic mass is 19.4. The average Bonchev–Trinajstić information content (AvgIpc) is 2.47. The van der Waals surface area contributed by atoms with Crippen LogP contribution in [0.4, 0.5) is 13.2 Å². The summed E-state index contributed by atoms with van der Waals surface area (Å²) in [5.74, 6) is 0.854. The van der Waals surface area contributed by atoms with Crippen LogP contribution in [0.3, 0.4) is 0 Å². The maximum absolute atomic E-state index is 12.7. The Bertz CT molecular complexity index is 517. The topological polar surface area (TPSA) is 45.0 Å². The summed E-state index contributed by atoms with van der Waals surface area (Å²) in [5.41, 5.74) is -1.33. The molecular weight excluding hydrogens is 281 g/mol. The minimum absolute atomic E-state index is 0.309. The van der Waals surface area contributed by atoms with Gasteiger partial charge in [-0.05, 0) is 56.5 Å². The van der Waals surface area contributed by atoms with Crippen LogP contribution in [0.15, 0.2) is 18.2 Å². The number of alkyl halides is 3. The van der Waals surface area contributed by atoms with Crippen molar-refractivity contribution < 1.29 is 17.9 Å². The van der Waals surface area contributed by atoms with Gasteiger partial charge >= 0.3 is 6.18 Å². The number of rotatable bonds is 4. The fourth-order valence-electron chi connectivity index (χ4n) is 2.47. The first-order valence-corrected chi connectivity index (χ1v) is 6.95. The molecule has 1 heterocycles. The zero-order valence-electron chi connectivity index (χ0n) is 11.5. The fourth-order valence-corrected chi connectivity index (χ4v) is 2.47. The van der Waals surface area contributed by atoms with Gasteiger partial charge in [0.25, 0.3) is 0 Å². The van der Waals surface area contributed by atoms with Gasteiger partial charge in [-0.15, -0.1) is 0 Å². The van der Waals surface area contributed by atoms with Crippen LogP contribution < -0.4 is 10.1 Å². The van der Waals surface area contributed by atoms with E-state index in [-0.39, 0.29) is 0 Å². The number of nitrogens with one attached hydrogen (secondary N) is 1. The maximum Gasteiger partial charge on any atom is 0.417 e. The van der Waals surface area contributed by atoms with Crippen LogP contribution in [-0.4, -0.2) is 19.7 Å². The smallest absolute Gasteiger partial charge is 0.417 e. The highest BCUT2D eigenvalue weighted by Crippen LogP contribution is 2.33. The number of halogens is 3. The summed E-state index contributed by atoms with van der Waals surface area (Å²) in [6.45, 7) is 2.45. The van der Waals surface area contributed by atoms with Crippen molar-refractivity contribution in [2.24, 2.45) is 5.92 Å². The standard InChI is InChI=1S/C15H17F3N2O/c16-15(17,18)14-4-3-13(8-12(14)9-19)21-7-5-11-2-1-6-20-10-11/h3-4,8,11,20H,1-2,5-7,10H2. The van der Waals surface area contributed by atoms with E-state index in [0.29, 0.717) is 18.3 Å². The van der Waals surface area contributed by atoms with Crippen molar-refractivity contribution in [3.8, 4) is 11.8 Å². The van der Waals surface area contributed by atoms with Crippen LogP contribution in [0.2, 0.25) is 0 Å². The second kappa shape index (κ2) is 6.81. The molecule has 0 amide bonds. The Balaban J connectivity index is 1.93. The van der Waals surface area contributed by atoms with Crippen molar-refractivity contribution in [1.29, 1.82) is 5.26 Å². The lowest BCUT2D eigenvalue weighted by molar-refractivity contribution is -0.137. The van der Waals surface area contributed by atoms with Crippen molar-refractivity contribution in [3.05, 3.63) is 29.3 Å². The second-order valence-electron chi connectivity index (χ2n) is 5.17. The average molecular weight is 298 g/mol. The molecule has 1 fully saturated rings. The highest BCUT2D eigenvalue weighted by Gasteiger charge is 2.33. The number of hydrogen-bond acceptors (Lipinski definition) is 3. The van der Waals surface area contributed by atoms with Gasteiger partial charge in [-0.2, -0.15) is 18.4 Å². The molecule has 1 unspecified atom stereocenters. The Morgan fingerprint density at radius 2 is 2.19 bits per heavy atom. The third-order valence-corrected chi connectivity index (χ3v) is 3.61. The zero-order chi connectivity index (χ0) is 15.3. The van der Waals surface area contributed by atoms with Crippen LogP contribution in [0.5, 0.6) is 5.75 Å². The summed E-state index contributed by atoms with van der Waals surface area (Å²) in [5, 5.41) is 12.1. The summed E-state index contributed by atoms with van der Waals surface area (Å²) in [6, 6.07) is 4.89. The van der Waals surface area contributed by atoms with E-state index in [0.717, 1.165) is 44.5 Å². The van der Waals surface area contributed by atoms with E-state index < -0.39 is 17.3 Å².